The molecule has 0 unspecified atom stereocenters. The minimum Gasteiger partial charge on any atom is -0.341 e. The predicted molar refractivity (Wildman–Crippen MR) is 140 cm³/mol. The lowest BCUT2D eigenvalue weighted by molar-refractivity contribution is -0.132. The number of carbonyl (C=O) groups is 2. The van der Waals surface area contributed by atoms with Crippen LogP contribution in [0.25, 0.3) is 0 Å². The van der Waals surface area contributed by atoms with E-state index in [9.17, 15) is 18.0 Å². The van der Waals surface area contributed by atoms with E-state index in [4.69, 9.17) is 5.21 Å². The maximum atomic E-state index is 12.9. The Hall–Kier alpha value is -3.97. The highest BCUT2D eigenvalue weighted by molar-refractivity contribution is 7.89. The number of hydroxylamine groups is 1. The van der Waals surface area contributed by atoms with Crippen LogP contribution in [0.5, 0.6) is 0 Å². The fraction of sp³-hybridized carbons (Fsp3) is 0.214. The van der Waals surface area contributed by atoms with Gasteiger partial charge in [-0.2, -0.15) is 4.72 Å². The van der Waals surface area contributed by atoms with Gasteiger partial charge in [-0.1, -0.05) is 59.9 Å². The highest BCUT2D eigenvalue weighted by Crippen LogP contribution is 2.13. The third-order valence-electron chi connectivity index (χ3n) is 5.63. The fourth-order valence-electron chi connectivity index (χ4n) is 3.48. The number of hydrogen-bond acceptors (Lipinski definition) is 5. The van der Waals surface area contributed by atoms with Gasteiger partial charge in [-0.05, 0) is 55.3 Å². The van der Waals surface area contributed by atoms with Crippen molar-refractivity contribution >= 4 is 21.8 Å². The van der Waals surface area contributed by atoms with Crippen molar-refractivity contribution < 1.29 is 23.2 Å². The smallest absolute Gasteiger partial charge is 0.261 e. The summed E-state index contributed by atoms with van der Waals surface area (Å²) in [5.41, 5.74) is 5.00. The molecule has 9 heteroatoms. The van der Waals surface area contributed by atoms with E-state index in [1.807, 2.05) is 61.5 Å². The van der Waals surface area contributed by atoms with Crippen molar-refractivity contribution in [3.8, 4) is 11.8 Å². The molecule has 0 spiro atoms. The summed E-state index contributed by atoms with van der Waals surface area (Å²) < 4.78 is 28.1. The van der Waals surface area contributed by atoms with Crippen LogP contribution in [0.15, 0.2) is 83.8 Å². The lowest BCUT2D eigenvalue weighted by Gasteiger charge is -2.20. The normalized spacial score (nSPS) is 11.6. The van der Waals surface area contributed by atoms with Crippen LogP contribution in [-0.4, -0.2) is 43.4 Å². The zero-order valence-electron chi connectivity index (χ0n) is 20.6. The van der Waals surface area contributed by atoms with E-state index in [2.05, 4.69) is 16.6 Å². The zero-order chi connectivity index (χ0) is 26.8. The fourth-order valence-corrected chi connectivity index (χ4v) is 4.71. The molecular weight excluding hydrogens is 490 g/mol. The summed E-state index contributed by atoms with van der Waals surface area (Å²) in [6.07, 6.45) is -0.235. The number of sulfonamides is 1. The molecule has 3 aromatic rings. The molecule has 37 heavy (non-hydrogen) atoms. The van der Waals surface area contributed by atoms with Gasteiger partial charge in [0.25, 0.3) is 5.91 Å². The number of hydrogen-bond donors (Lipinski definition) is 3. The van der Waals surface area contributed by atoms with Crippen molar-refractivity contribution in [1.29, 1.82) is 0 Å². The van der Waals surface area contributed by atoms with E-state index < -0.39 is 22.0 Å². The van der Waals surface area contributed by atoms with Crippen molar-refractivity contribution in [2.75, 3.05) is 7.05 Å². The second kappa shape index (κ2) is 12.8. The number of aryl methyl sites for hydroxylation is 1. The Labute approximate surface area is 217 Å². The van der Waals surface area contributed by atoms with Gasteiger partial charge in [0.05, 0.1) is 4.90 Å². The summed E-state index contributed by atoms with van der Waals surface area (Å²) in [5, 5.41) is 9.10. The molecule has 3 N–H and O–H groups in total. The van der Waals surface area contributed by atoms with Crippen molar-refractivity contribution in [1.82, 2.24) is 15.1 Å². The topological polar surface area (TPSA) is 116 Å². The van der Waals surface area contributed by atoms with Crippen LogP contribution in [0.4, 0.5) is 0 Å². The molecule has 1 atom stereocenters. The molecule has 0 saturated heterocycles. The van der Waals surface area contributed by atoms with Gasteiger partial charge in [-0.15, -0.1) is 0 Å². The SMILES string of the molecule is Cc1ccc(C#Cc2ccc(S(=O)(=O)N[C@H](CCC(=O)N(C)Cc3ccccc3)C(=O)NO)cc2)cc1. The minimum absolute atomic E-state index is 0.0725. The van der Waals surface area contributed by atoms with Gasteiger partial charge in [0, 0.05) is 31.1 Å². The van der Waals surface area contributed by atoms with E-state index >= 15 is 0 Å². The molecule has 0 heterocycles. The first-order valence-corrected chi connectivity index (χ1v) is 13.1. The molecule has 0 fully saturated rings. The molecule has 0 radical (unpaired) electrons. The molecule has 0 aliphatic heterocycles. The molecule has 0 saturated carbocycles. The van der Waals surface area contributed by atoms with Crippen LogP contribution in [0.1, 0.15) is 35.1 Å². The summed E-state index contributed by atoms with van der Waals surface area (Å²) in [5.74, 6) is 4.78. The third-order valence-corrected chi connectivity index (χ3v) is 7.11. The second-order valence-corrected chi connectivity index (χ2v) is 10.3. The van der Waals surface area contributed by atoms with Gasteiger partial charge >= 0.3 is 0 Å². The summed E-state index contributed by atoms with van der Waals surface area (Å²) in [7, 11) is -2.49. The number of nitrogens with zero attached hydrogens (tertiary/aromatic N) is 1. The van der Waals surface area contributed by atoms with Gasteiger partial charge in [0.2, 0.25) is 15.9 Å². The molecule has 2 amide bonds. The monoisotopic (exact) mass is 519 g/mol. The zero-order valence-corrected chi connectivity index (χ0v) is 21.5. The predicted octanol–water partition coefficient (Wildman–Crippen LogP) is 2.99. The number of nitrogens with one attached hydrogen (secondary N) is 2. The van der Waals surface area contributed by atoms with Gasteiger partial charge in [0.15, 0.2) is 0 Å². The van der Waals surface area contributed by atoms with Crippen molar-refractivity contribution in [3.63, 3.8) is 0 Å². The third kappa shape index (κ3) is 8.29. The molecule has 3 aromatic carbocycles. The first kappa shape index (κ1) is 27.6. The van der Waals surface area contributed by atoms with E-state index in [0.717, 1.165) is 16.7 Å². The molecule has 3 rings (SSSR count). The molecule has 0 bridgehead atoms. The average Bonchev–Trinajstić information content (AvgIpc) is 2.90. The van der Waals surface area contributed by atoms with Crippen LogP contribution in [-0.2, 0) is 26.2 Å². The molecular formula is C28H29N3O5S. The Morgan fingerprint density at radius 1 is 0.919 bits per heavy atom. The van der Waals surface area contributed by atoms with Crippen molar-refractivity contribution in [2.24, 2.45) is 0 Å². The number of amides is 2. The van der Waals surface area contributed by atoms with E-state index in [0.29, 0.717) is 12.1 Å². The Kier molecular flexibility index (Phi) is 9.57. The highest BCUT2D eigenvalue weighted by Gasteiger charge is 2.26. The highest BCUT2D eigenvalue weighted by atomic mass is 32.2. The second-order valence-electron chi connectivity index (χ2n) is 8.56. The lowest BCUT2D eigenvalue weighted by atomic mass is 10.1. The maximum Gasteiger partial charge on any atom is 0.261 e. The van der Waals surface area contributed by atoms with Gasteiger partial charge in [-0.3, -0.25) is 14.8 Å². The average molecular weight is 520 g/mol. The Morgan fingerprint density at radius 3 is 2.05 bits per heavy atom. The van der Waals surface area contributed by atoms with E-state index in [1.54, 1.807) is 19.2 Å². The van der Waals surface area contributed by atoms with Crippen molar-refractivity contribution in [2.45, 2.75) is 37.2 Å². The van der Waals surface area contributed by atoms with E-state index in [1.165, 1.54) is 22.5 Å². The van der Waals surface area contributed by atoms with Crippen LogP contribution >= 0.6 is 0 Å². The summed E-state index contributed by atoms with van der Waals surface area (Å²) in [6, 6.07) is 21.7. The van der Waals surface area contributed by atoms with Crippen LogP contribution < -0.4 is 10.2 Å². The van der Waals surface area contributed by atoms with Crippen LogP contribution in [0.2, 0.25) is 0 Å². The summed E-state index contributed by atoms with van der Waals surface area (Å²) >= 11 is 0. The summed E-state index contributed by atoms with van der Waals surface area (Å²) in [6.45, 7) is 2.36. The Bertz CT molecular complexity index is 1380. The summed E-state index contributed by atoms with van der Waals surface area (Å²) in [4.78, 5) is 26.1. The largest absolute Gasteiger partial charge is 0.341 e. The first-order valence-electron chi connectivity index (χ1n) is 11.6. The Balaban J connectivity index is 1.64. The number of rotatable bonds is 9. The molecule has 0 aliphatic carbocycles. The molecule has 192 valence electrons. The van der Waals surface area contributed by atoms with Crippen LogP contribution in [0.3, 0.4) is 0 Å². The van der Waals surface area contributed by atoms with Gasteiger partial charge in [-0.25, -0.2) is 13.9 Å². The molecule has 0 aromatic heterocycles. The van der Waals surface area contributed by atoms with Crippen LogP contribution in [0, 0.1) is 18.8 Å². The molecule has 8 nitrogen and oxygen atoms in total. The van der Waals surface area contributed by atoms with E-state index in [-0.39, 0.29) is 23.6 Å². The van der Waals surface area contributed by atoms with Gasteiger partial charge < -0.3 is 4.90 Å². The molecule has 0 aliphatic rings. The minimum atomic E-state index is -4.11. The Morgan fingerprint density at radius 2 is 1.49 bits per heavy atom. The number of benzene rings is 3. The lowest BCUT2D eigenvalue weighted by Crippen LogP contribution is -2.46. The quantitative estimate of drug-likeness (QED) is 0.228. The first-order chi connectivity index (χ1) is 17.7. The maximum absolute atomic E-state index is 12.9. The van der Waals surface area contributed by atoms with Gasteiger partial charge in [0.1, 0.15) is 6.04 Å². The standard InChI is InChI=1S/C28H29N3O5S/c1-21-8-10-22(11-9-21)12-13-23-14-16-25(17-15-23)37(35,36)30-26(28(33)29-34)18-19-27(32)31(2)20-24-6-4-3-5-7-24/h3-11,14-17,26,30,34H,18-20H2,1-2H3,(H,29,33)/t26-/m1/s1. The van der Waals surface area contributed by atoms with Crippen molar-refractivity contribution in [3.05, 3.63) is 101 Å². The number of carbonyl (C=O) groups excluding carboxylic acids is 2.